The molecule has 0 bridgehead atoms. The molecule has 0 aromatic rings. The van der Waals surface area contributed by atoms with Crippen LogP contribution in [0, 0.1) is 0 Å². The maximum Gasteiger partial charge on any atom is 0.582 e. The zero-order valence-corrected chi connectivity index (χ0v) is 22.7. The van der Waals surface area contributed by atoms with E-state index in [2.05, 4.69) is 19.2 Å². The summed E-state index contributed by atoms with van der Waals surface area (Å²) in [6.45, 7) is 3.58. The first-order valence-electron chi connectivity index (χ1n) is 13.7. The quantitative estimate of drug-likeness (QED) is 0.0939. The molecule has 1 fully saturated rings. The van der Waals surface area contributed by atoms with Crippen LogP contribution >= 0.6 is 19.5 Å². The van der Waals surface area contributed by atoms with E-state index in [1.165, 1.54) is 109 Å². The lowest BCUT2D eigenvalue weighted by atomic mass is 10.0. The molecule has 1 amide bonds. The van der Waals surface area contributed by atoms with Gasteiger partial charge in [0.05, 0.1) is 6.54 Å². The SMILES string of the molecule is CCCCCCCCCCCCCCCCCCCCCC(=O)N1CC[C@H](O[P+](=O)S)C1. The van der Waals surface area contributed by atoms with Crippen molar-refractivity contribution < 1.29 is 13.9 Å². The fourth-order valence-electron chi connectivity index (χ4n) is 4.68. The molecule has 6 heteroatoms. The van der Waals surface area contributed by atoms with Gasteiger partial charge in [-0.2, -0.15) is 0 Å². The van der Waals surface area contributed by atoms with Gasteiger partial charge in [0, 0.05) is 13.0 Å². The first kappa shape index (κ1) is 29.9. The van der Waals surface area contributed by atoms with Gasteiger partial charge in [0.25, 0.3) is 0 Å². The van der Waals surface area contributed by atoms with Gasteiger partial charge in [-0.1, -0.05) is 122 Å². The summed E-state index contributed by atoms with van der Waals surface area (Å²) in [5, 5.41) is 0. The molecule has 188 valence electrons. The number of hydrogen-bond acceptors (Lipinski definition) is 3. The molecular weight excluding hydrogens is 437 g/mol. The van der Waals surface area contributed by atoms with Crippen LogP contribution in [0.5, 0.6) is 0 Å². The van der Waals surface area contributed by atoms with E-state index < -0.39 is 7.23 Å². The fraction of sp³-hybridized carbons (Fsp3) is 0.962. The minimum Gasteiger partial charge on any atom is -0.340 e. The summed E-state index contributed by atoms with van der Waals surface area (Å²) in [6, 6.07) is 0. The normalized spacial score (nSPS) is 16.6. The molecule has 32 heavy (non-hydrogen) atoms. The van der Waals surface area contributed by atoms with Gasteiger partial charge in [-0.3, -0.25) is 4.79 Å². The van der Waals surface area contributed by atoms with Crippen molar-refractivity contribution in [2.75, 3.05) is 13.1 Å². The van der Waals surface area contributed by atoms with Crippen molar-refractivity contribution in [1.82, 2.24) is 4.90 Å². The van der Waals surface area contributed by atoms with E-state index in [0.717, 1.165) is 25.8 Å². The van der Waals surface area contributed by atoms with Crippen molar-refractivity contribution in [2.24, 2.45) is 0 Å². The Balaban J connectivity index is 1.76. The molecule has 0 radical (unpaired) electrons. The van der Waals surface area contributed by atoms with Crippen LogP contribution in [0.3, 0.4) is 0 Å². The number of unbranched alkanes of at least 4 members (excludes halogenated alkanes) is 18. The molecule has 1 aliphatic rings. The Bertz CT molecular complexity index is 478. The van der Waals surface area contributed by atoms with Crippen LogP contribution in [0.4, 0.5) is 0 Å². The fourth-order valence-corrected chi connectivity index (χ4v) is 5.51. The van der Waals surface area contributed by atoms with Crippen LogP contribution in [0.25, 0.3) is 0 Å². The molecule has 0 saturated carbocycles. The highest BCUT2D eigenvalue weighted by Gasteiger charge is 2.31. The first-order chi connectivity index (χ1) is 15.6. The van der Waals surface area contributed by atoms with E-state index in [1.807, 2.05) is 4.90 Å². The van der Waals surface area contributed by atoms with E-state index in [4.69, 9.17) is 4.52 Å². The summed E-state index contributed by atoms with van der Waals surface area (Å²) in [4.78, 5) is 14.1. The number of likely N-dealkylation sites (tertiary alicyclic amines) is 1. The average Bonchev–Trinajstić information content (AvgIpc) is 3.23. The molecule has 0 spiro atoms. The van der Waals surface area contributed by atoms with E-state index >= 15 is 0 Å². The monoisotopic (exact) mass is 488 g/mol. The van der Waals surface area contributed by atoms with E-state index in [0.29, 0.717) is 13.0 Å². The highest BCUT2D eigenvalue weighted by molar-refractivity contribution is 8.39. The molecule has 0 aromatic carbocycles. The number of carbonyl (C=O) groups is 1. The maximum absolute atomic E-state index is 12.2. The van der Waals surface area contributed by atoms with Gasteiger partial charge in [-0.15, -0.1) is 4.52 Å². The second-order valence-electron chi connectivity index (χ2n) is 9.71. The van der Waals surface area contributed by atoms with Crippen LogP contribution in [0.2, 0.25) is 0 Å². The molecule has 2 atom stereocenters. The van der Waals surface area contributed by atoms with Gasteiger partial charge < -0.3 is 4.90 Å². The number of nitrogens with zero attached hydrogens (tertiary/aromatic N) is 1. The Kier molecular flexibility index (Phi) is 20.0. The van der Waals surface area contributed by atoms with Gasteiger partial charge in [-0.25, -0.2) is 0 Å². The van der Waals surface area contributed by atoms with Crippen molar-refractivity contribution >= 4 is 25.4 Å². The van der Waals surface area contributed by atoms with Gasteiger partial charge in [-0.05, 0) is 17.4 Å². The third-order valence-electron chi connectivity index (χ3n) is 6.73. The summed E-state index contributed by atoms with van der Waals surface area (Å²) in [5.74, 6) is 0.220. The number of hydrogen-bond donors (Lipinski definition) is 1. The second-order valence-corrected chi connectivity index (χ2v) is 11.4. The molecule has 1 saturated heterocycles. The highest BCUT2D eigenvalue weighted by Crippen LogP contribution is 2.32. The average molecular weight is 489 g/mol. The van der Waals surface area contributed by atoms with Crippen molar-refractivity contribution in [2.45, 2.75) is 148 Å². The van der Waals surface area contributed by atoms with Gasteiger partial charge in [0.15, 0.2) is 0 Å². The lowest BCUT2D eigenvalue weighted by Gasteiger charge is -2.15. The Morgan fingerprint density at radius 1 is 0.781 bits per heavy atom. The smallest absolute Gasteiger partial charge is 0.340 e. The molecule has 1 rings (SSSR count). The van der Waals surface area contributed by atoms with Crippen LogP contribution in [0.1, 0.15) is 142 Å². The lowest BCUT2D eigenvalue weighted by Crippen LogP contribution is -2.29. The van der Waals surface area contributed by atoms with Crippen molar-refractivity contribution in [3.05, 3.63) is 0 Å². The second kappa shape index (κ2) is 21.4. The number of thiol groups is 1. The molecule has 0 N–H and O–H groups in total. The molecule has 1 unspecified atom stereocenters. The van der Waals surface area contributed by atoms with Gasteiger partial charge in [0.1, 0.15) is 18.4 Å². The summed E-state index contributed by atoms with van der Waals surface area (Å²) < 4.78 is 16.2. The Labute approximate surface area is 205 Å². The predicted molar refractivity (Wildman–Crippen MR) is 141 cm³/mol. The Hall–Kier alpha value is -0.120. The summed E-state index contributed by atoms with van der Waals surface area (Å²) in [5.41, 5.74) is 0. The van der Waals surface area contributed by atoms with Crippen molar-refractivity contribution in [1.29, 1.82) is 0 Å². The minimum absolute atomic E-state index is 0.106. The van der Waals surface area contributed by atoms with E-state index in [-0.39, 0.29) is 12.0 Å². The van der Waals surface area contributed by atoms with Gasteiger partial charge >= 0.3 is 7.23 Å². The van der Waals surface area contributed by atoms with E-state index in [9.17, 15) is 9.36 Å². The Morgan fingerprint density at radius 2 is 1.19 bits per heavy atom. The summed E-state index contributed by atoms with van der Waals surface area (Å²) in [6.07, 6.45) is 27.3. The van der Waals surface area contributed by atoms with Crippen LogP contribution in [-0.4, -0.2) is 30.0 Å². The maximum atomic E-state index is 12.2. The molecule has 4 nitrogen and oxygen atoms in total. The summed E-state index contributed by atoms with van der Waals surface area (Å²) in [7, 11) is -1.88. The third kappa shape index (κ3) is 17.4. The minimum atomic E-state index is -1.88. The van der Waals surface area contributed by atoms with Crippen LogP contribution < -0.4 is 0 Å². The van der Waals surface area contributed by atoms with Crippen LogP contribution in [0.15, 0.2) is 0 Å². The number of carbonyl (C=O) groups excluding carboxylic acids is 1. The van der Waals surface area contributed by atoms with E-state index in [1.54, 1.807) is 0 Å². The molecular formula is C26H51NO3PS+. The number of rotatable bonds is 22. The molecule has 0 aliphatic carbocycles. The number of amides is 1. The molecule has 1 aliphatic heterocycles. The third-order valence-corrected chi connectivity index (χ3v) is 7.49. The lowest BCUT2D eigenvalue weighted by molar-refractivity contribution is -0.130. The standard InChI is InChI=1S/C26H50NO3PS/c1-2-3-4-5-6-7-8-9-10-11-12-13-14-15-16-17-18-19-20-21-26(28)27-23-22-25(24-27)30-31(29)32/h25H,2-24H2,1H3/p+1/t25-/m0/s1. The highest BCUT2D eigenvalue weighted by atomic mass is 32.7. The molecule has 1 heterocycles. The molecule has 0 aromatic heterocycles. The Morgan fingerprint density at radius 3 is 1.59 bits per heavy atom. The van der Waals surface area contributed by atoms with Crippen LogP contribution in [-0.2, 0) is 13.9 Å². The zero-order valence-electron chi connectivity index (χ0n) is 20.9. The predicted octanol–water partition coefficient (Wildman–Crippen LogP) is 9.01. The van der Waals surface area contributed by atoms with Crippen molar-refractivity contribution in [3.63, 3.8) is 0 Å². The zero-order chi connectivity index (χ0) is 23.3. The first-order valence-corrected chi connectivity index (χ1v) is 16.1. The largest absolute Gasteiger partial charge is 0.582 e. The van der Waals surface area contributed by atoms with Gasteiger partial charge in [0.2, 0.25) is 5.91 Å². The summed E-state index contributed by atoms with van der Waals surface area (Å²) >= 11 is 3.79. The topological polar surface area (TPSA) is 46.6 Å². The van der Waals surface area contributed by atoms with Crippen molar-refractivity contribution in [3.8, 4) is 0 Å².